The molecule has 34 heavy (non-hydrogen) atoms. The summed E-state index contributed by atoms with van der Waals surface area (Å²) >= 11 is 0. The Bertz CT molecular complexity index is 841. The predicted octanol–water partition coefficient (Wildman–Crippen LogP) is 4.32. The largest absolute Gasteiger partial charge is 0.466 e. The lowest BCUT2D eigenvalue weighted by Crippen LogP contribution is -2.45. The molecule has 0 N–H and O–H groups in total. The van der Waals surface area contributed by atoms with Gasteiger partial charge in [-0.3, -0.25) is 9.59 Å². The molecular weight excluding hydrogens is 436 g/mol. The lowest BCUT2D eigenvalue weighted by Gasteiger charge is -2.35. The molecule has 3 unspecified atom stereocenters. The van der Waals surface area contributed by atoms with Gasteiger partial charge in [-0.15, -0.1) is 0 Å². The molecule has 0 aliphatic rings. The summed E-state index contributed by atoms with van der Waals surface area (Å²) in [5, 5.41) is 0. The highest BCUT2D eigenvalue weighted by atomic mass is 16.6. The fraction of sp³-hybridized carbons (Fsp3) is 0.481. The summed E-state index contributed by atoms with van der Waals surface area (Å²) < 4.78 is 28.7. The summed E-state index contributed by atoms with van der Waals surface area (Å²) in [6.45, 7) is 5.82. The Morgan fingerprint density at radius 3 is 1.79 bits per heavy atom. The van der Waals surface area contributed by atoms with Gasteiger partial charge in [-0.1, -0.05) is 67.6 Å². The van der Waals surface area contributed by atoms with Crippen molar-refractivity contribution in [2.45, 2.75) is 58.7 Å². The van der Waals surface area contributed by atoms with Crippen LogP contribution in [0.5, 0.6) is 0 Å². The van der Waals surface area contributed by atoms with E-state index in [2.05, 4.69) is 0 Å². The van der Waals surface area contributed by atoms with E-state index in [1.807, 2.05) is 67.6 Å². The van der Waals surface area contributed by atoms with Crippen LogP contribution in [0, 0.1) is 5.92 Å². The standard InChI is InChI=1S/C27H36O7/c1-20(25(15-16-31-21(2)28)33-17-23-11-7-5-8-12-23)27(26(30-4)19-32-22(3)29)34-18-24-13-9-6-10-14-24/h5-14,20,25-27H,15-19H2,1-4H3/t20?,25?,26?,27-/m0/s1. The van der Waals surface area contributed by atoms with Gasteiger partial charge in [-0.2, -0.15) is 0 Å². The van der Waals surface area contributed by atoms with Crippen molar-refractivity contribution in [3.05, 3.63) is 71.8 Å². The van der Waals surface area contributed by atoms with Gasteiger partial charge in [0, 0.05) is 33.3 Å². The van der Waals surface area contributed by atoms with Crippen LogP contribution >= 0.6 is 0 Å². The zero-order valence-electron chi connectivity index (χ0n) is 20.5. The molecule has 0 aliphatic carbocycles. The summed E-state index contributed by atoms with van der Waals surface area (Å²) in [7, 11) is 1.57. The Kier molecular flexibility index (Phi) is 12.3. The van der Waals surface area contributed by atoms with E-state index in [1.165, 1.54) is 13.8 Å². The van der Waals surface area contributed by atoms with Crippen molar-refractivity contribution >= 4 is 11.9 Å². The highest BCUT2D eigenvalue weighted by Gasteiger charge is 2.34. The lowest BCUT2D eigenvalue weighted by atomic mass is 9.91. The van der Waals surface area contributed by atoms with Gasteiger partial charge >= 0.3 is 11.9 Å². The zero-order chi connectivity index (χ0) is 24.8. The quantitative estimate of drug-likeness (QED) is 0.357. The molecule has 0 heterocycles. The number of ether oxygens (including phenoxy) is 5. The minimum atomic E-state index is -0.501. The first-order chi connectivity index (χ1) is 16.4. The van der Waals surface area contributed by atoms with Gasteiger partial charge in [0.05, 0.1) is 32.0 Å². The first kappa shape index (κ1) is 27.5. The number of hydrogen-bond donors (Lipinski definition) is 0. The third-order valence-electron chi connectivity index (χ3n) is 5.52. The van der Waals surface area contributed by atoms with Gasteiger partial charge < -0.3 is 23.7 Å². The van der Waals surface area contributed by atoms with Gasteiger partial charge in [-0.25, -0.2) is 0 Å². The number of benzene rings is 2. The monoisotopic (exact) mass is 472 g/mol. The molecule has 0 saturated heterocycles. The van der Waals surface area contributed by atoms with Gasteiger partial charge in [0.25, 0.3) is 0 Å². The van der Waals surface area contributed by atoms with Gasteiger partial charge in [0.1, 0.15) is 12.7 Å². The SMILES string of the molecule is COC(COC(C)=O)[C@@H](OCc1ccccc1)C(C)C(CCOC(C)=O)OCc1ccccc1. The summed E-state index contributed by atoms with van der Waals surface area (Å²) in [6, 6.07) is 19.7. The predicted molar refractivity (Wildman–Crippen MR) is 128 cm³/mol. The van der Waals surface area contributed by atoms with Crippen molar-refractivity contribution in [1.82, 2.24) is 0 Å². The Morgan fingerprint density at radius 1 is 0.765 bits per heavy atom. The number of carbonyl (C=O) groups is 2. The van der Waals surface area contributed by atoms with E-state index in [0.717, 1.165) is 11.1 Å². The maximum Gasteiger partial charge on any atom is 0.302 e. The fourth-order valence-corrected chi connectivity index (χ4v) is 3.67. The van der Waals surface area contributed by atoms with Crippen LogP contribution in [0.15, 0.2) is 60.7 Å². The van der Waals surface area contributed by atoms with Crippen LogP contribution < -0.4 is 0 Å². The van der Waals surface area contributed by atoms with Crippen molar-refractivity contribution < 1.29 is 33.3 Å². The Hall–Kier alpha value is -2.74. The van der Waals surface area contributed by atoms with Crippen LogP contribution in [-0.2, 0) is 46.5 Å². The smallest absolute Gasteiger partial charge is 0.302 e. The number of methoxy groups -OCH3 is 1. The first-order valence-electron chi connectivity index (χ1n) is 11.5. The fourth-order valence-electron chi connectivity index (χ4n) is 3.67. The van der Waals surface area contributed by atoms with Crippen LogP contribution in [0.4, 0.5) is 0 Å². The van der Waals surface area contributed by atoms with E-state index in [0.29, 0.717) is 19.6 Å². The van der Waals surface area contributed by atoms with E-state index in [-0.39, 0.29) is 37.2 Å². The maximum absolute atomic E-state index is 11.4. The summed E-state index contributed by atoms with van der Waals surface area (Å²) in [5.41, 5.74) is 2.06. The molecule has 0 saturated carbocycles. The Morgan fingerprint density at radius 2 is 1.29 bits per heavy atom. The van der Waals surface area contributed by atoms with Crippen LogP contribution in [0.3, 0.4) is 0 Å². The molecule has 0 spiro atoms. The third kappa shape index (κ3) is 10.0. The van der Waals surface area contributed by atoms with Crippen LogP contribution in [0.2, 0.25) is 0 Å². The molecule has 0 bridgehead atoms. The van der Waals surface area contributed by atoms with Crippen molar-refractivity contribution in [3.8, 4) is 0 Å². The second-order valence-corrected chi connectivity index (χ2v) is 8.16. The average Bonchev–Trinajstić information content (AvgIpc) is 2.83. The lowest BCUT2D eigenvalue weighted by molar-refractivity contribution is -0.160. The topological polar surface area (TPSA) is 80.3 Å². The molecule has 186 valence electrons. The average molecular weight is 473 g/mol. The van der Waals surface area contributed by atoms with Crippen LogP contribution in [0.1, 0.15) is 38.3 Å². The van der Waals surface area contributed by atoms with E-state index < -0.39 is 12.2 Å². The molecule has 7 heteroatoms. The van der Waals surface area contributed by atoms with E-state index >= 15 is 0 Å². The number of hydrogen-bond acceptors (Lipinski definition) is 7. The van der Waals surface area contributed by atoms with E-state index in [4.69, 9.17) is 23.7 Å². The minimum absolute atomic E-state index is 0.0605. The number of rotatable bonds is 15. The molecule has 2 aromatic carbocycles. The first-order valence-corrected chi connectivity index (χ1v) is 11.5. The Labute approximate surface area is 202 Å². The van der Waals surface area contributed by atoms with Crippen molar-refractivity contribution in [1.29, 1.82) is 0 Å². The van der Waals surface area contributed by atoms with Gasteiger partial charge in [0.2, 0.25) is 0 Å². The molecule has 0 radical (unpaired) electrons. The molecule has 0 aliphatic heterocycles. The van der Waals surface area contributed by atoms with Crippen molar-refractivity contribution in [2.24, 2.45) is 5.92 Å². The molecule has 0 amide bonds. The summed E-state index contributed by atoms with van der Waals surface area (Å²) in [4.78, 5) is 22.8. The van der Waals surface area contributed by atoms with Crippen LogP contribution in [0.25, 0.3) is 0 Å². The Balaban J connectivity index is 2.19. The van der Waals surface area contributed by atoms with Crippen molar-refractivity contribution in [3.63, 3.8) is 0 Å². The number of carbonyl (C=O) groups excluding carboxylic acids is 2. The molecule has 7 nitrogen and oxygen atoms in total. The normalized spacial score (nSPS) is 14.6. The minimum Gasteiger partial charge on any atom is -0.466 e. The molecular formula is C27H36O7. The highest BCUT2D eigenvalue weighted by molar-refractivity contribution is 5.66. The second kappa shape index (κ2) is 15.2. The van der Waals surface area contributed by atoms with Gasteiger partial charge in [-0.05, 0) is 11.1 Å². The molecule has 4 atom stereocenters. The third-order valence-corrected chi connectivity index (χ3v) is 5.52. The zero-order valence-corrected chi connectivity index (χ0v) is 20.5. The second-order valence-electron chi connectivity index (χ2n) is 8.16. The van der Waals surface area contributed by atoms with Gasteiger partial charge in [0.15, 0.2) is 0 Å². The summed E-state index contributed by atoms with van der Waals surface area (Å²) in [6.07, 6.45) is -0.750. The van der Waals surface area contributed by atoms with Crippen molar-refractivity contribution in [2.75, 3.05) is 20.3 Å². The van der Waals surface area contributed by atoms with E-state index in [9.17, 15) is 9.59 Å². The molecule has 0 aromatic heterocycles. The maximum atomic E-state index is 11.4. The highest BCUT2D eigenvalue weighted by Crippen LogP contribution is 2.25. The molecule has 0 fully saturated rings. The number of esters is 2. The molecule has 2 rings (SSSR count). The van der Waals surface area contributed by atoms with Crippen LogP contribution in [-0.4, -0.2) is 50.6 Å². The molecule has 2 aromatic rings. The van der Waals surface area contributed by atoms with E-state index in [1.54, 1.807) is 7.11 Å². The summed E-state index contributed by atoms with van der Waals surface area (Å²) in [5.74, 6) is -0.886.